The van der Waals surface area contributed by atoms with E-state index in [0.29, 0.717) is 12.0 Å². The molecule has 1 aromatic carbocycles. The maximum absolute atomic E-state index is 3.67. The smallest absolute Gasteiger partial charge is 0.0370 e. The van der Waals surface area contributed by atoms with Crippen LogP contribution in [0.2, 0.25) is 0 Å². The second-order valence-electron chi connectivity index (χ2n) is 6.14. The fraction of sp³-hybridized carbons (Fsp3) is 0.647. The zero-order valence-electron chi connectivity index (χ0n) is 12.8. The summed E-state index contributed by atoms with van der Waals surface area (Å²) in [5, 5.41) is 3.67. The lowest BCUT2D eigenvalue weighted by atomic mass is 9.96. The molecule has 0 aliphatic carbocycles. The highest BCUT2D eigenvalue weighted by molar-refractivity contribution is 5.50. The standard InChI is InChI=1S/C17H28N2/c1-5-14(4)17-12-19(10-9-18-17)16-8-6-7-15(11-16)13(2)3/h6-8,11,13-14,17-18H,5,9-10,12H2,1-4H3. The monoisotopic (exact) mass is 260 g/mol. The molecule has 0 radical (unpaired) electrons. The molecule has 2 unspecified atom stereocenters. The Morgan fingerprint density at radius 1 is 1.32 bits per heavy atom. The average Bonchev–Trinajstić information content (AvgIpc) is 2.46. The number of hydrogen-bond donors (Lipinski definition) is 1. The van der Waals surface area contributed by atoms with Crippen molar-refractivity contribution in [2.45, 2.75) is 46.1 Å². The Labute approximate surface area is 118 Å². The molecule has 0 spiro atoms. The fourth-order valence-electron chi connectivity index (χ4n) is 2.76. The molecule has 0 aromatic heterocycles. The molecule has 1 aliphatic rings. The van der Waals surface area contributed by atoms with Crippen molar-refractivity contribution in [3.8, 4) is 0 Å². The largest absolute Gasteiger partial charge is 0.369 e. The first kappa shape index (κ1) is 14.4. The summed E-state index contributed by atoms with van der Waals surface area (Å²) in [6.07, 6.45) is 1.25. The van der Waals surface area contributed by atoms with Crippen LogP contribution in [0.3, 0.4) is 0 Å². The molecular formula is C17H28N2. The van der Waals surface area contributed by atoms with Crippen LogP contribution in [-0.2, 0) is 0 Å². The normalized spacial score (nSPS) is 21.7. The molecule has 1 aliphatic heterocycles. The number of benzene rings is 1. The number of piperazine rings is 1. The van der Waals surface area contributed by atoms with Crippen LogP contribution in [0.5, 0.6) is 0 Å². The lowest BCUT2D eigenvalue weighted by Crippen LogP contribution is -2.53. The van der Waals surface area contributed by atoms with Gasteiger partial charge < -0.3 is 10.2 Å². The number of rotatable bonds is 4. The number of hydrogen-bond acceptors (Lipinski definition) is 2. The summed E-state index contributed by atoms with van der Waals surface area (Å²) in [4.78, 5) is 2.54. The Morgan fingerprint density at radius 2 is 2.11 bits per heavy atom. The minimum Gasteiger partial charge on any atom is -0.369 e. The van der Waals surface area contributed by atoms with Crippen LogP contribution >= 0.6 is 0 Å². The molecule has 106 valence electrons. The van der Waals surface area contributed by atoms with Gasteiger partial charge in [0.2, 0.25) is 0 Å². The number of nitrogens with one attached hydrogen (secondary N) is 1. The summed E-state index contributed by atoms with van der Waals surface area (Å²) >= 11 is 0. The molecule has 1 fully saturated rings. The highest BCUT2D eigenvalue weighted by atomic mass is 15.2. The van der Waals surface area contributed by atoms with Crippen molar-refractivity contribution >= 4 is 5.69 Å². The minimum atomic E-state index is 0.605. The van der Waals surface area contributed by atoms with Crippen LogP contribution in [0.4, 0.5) is 5.69 Å². The number of anilines is 1. The molecule has 2 nitrogen and oxygen atoms in total. The van der Waals surface area contributed by atoms with E-state index in [9.17, 15) is 0 Å². The molecule has 1 saturated heterocycles. The highest BCUT2D eigenvalue weighted by Gasteiger charge is 2.23. The molecule has 2 rings (SSSR count). The van der Waals surface area contributed by atoms with E-state index in [4.69, 9.17) is 0 Å². The van der Waals surface area contributed by atoms with Gasteiger partial charge in [-0.3, -0.25) is 0 Å². The SMILES string of the molecule is CCC(C)C1CN(c2cccc(C(C)C)c2)CCN1. The van der Waals surface area contributed by atoms with Crippen LogP contribution in [0.1, 0.15) is 45.6 Å². The fourth-order valence-corrected chi connectivity index (χ4v) is 2.76. The van der Waals surface area contributed by atoms with Crippen LogP contribution in [0.25, 0.3) is 0 Å². The van der Waals surface area contributed by atoms with Crippen molar-refractivity contribution in [1.82, 2.24) is 5.32 Å². The van der Waals surface area contributed by atoms with Gasteiger partial charge in [0.25, 0.3) is 0 Å². The van der Waals surface area contributed by atoms with E-state index in [-0.39, 0.29) is 0 Å². The van der Waals surface area contributed by atoms with Gasteiger partial charge in [0.1, 0.15) is 0 Å². The topological polar surface area (TPSA) is 15.3 Å². The van der Waals surface area contributed by atoms with E-state index in [2.05, 4.69) is 62.2 Å². The van der Waals surface area contributed by atoms with Gasteiger partial charge in [-0.1, -0.05) is 46.2 Å². The Kier molecular flexibility index (Phi) is 4.87. The van der Waals surface area contributed by atoms with Crippen molar-refractivity contribution in [3.63, 3.8) is 0 Å². The first-order chi connectivity index (χ1) is 9.11. The third-order valence-corrected chi connectivity index (χ3v) is 4.44. The van der Waals surface area contributed by atoms with Crippen molar-refractivity contribution in [2.24, 2.45) is 5.92 Å². The second kappa shape index (κ2) is 6.42. The molecule has 0 bridgehead atoms. The summed E-state index contributed by atoms with van der Waals surface area (Å²) in [5.74, 6) is 1.35. The first-order valence-electron chi connectivity index (χ1n) is 7.70. The third kappa shape index (κ3) is 3.50. The zero-order chi connectivity index (χ0) is 13.8. The summed E-state index contributed by atoms with van der Waals surface area (Å²) in [6, 6.07) is 9.68. The van der Waals surface area contributed by atoms with Gasteiger partial charge in [0.15, 0.2) is 0 Å². The van der Waals surface area contributed by atoms with Gasteiger partial charge in [0.05, 0.1) is 0 Å². The summed E-state index contributed by atoms with van der Waals surface area (Å²) in [5.41, 5.74) is 2.83. The van der Waals surface area contributed by atoms with Gasteiger partial charge >= 0.3 is 0 Å². The highest BCUT2D eigenvalue weighted by Crippen LogP contribution is 2.23. The van der Waals surface area contributed by atoms with Crippen LogP contribution < -0.4 is 10.2 Å². The number of nitrogens with zero attached hydrogens (tertiary/aromatic N) is 1. The lowest BCUT2D eigenvalue weighted by molar-refractivity contribution is 0.342. The Balaban J connectivity index is 2.10. The van der Waals surface area contributed by atoms with E-state index in [1.54, 1.807) is 0 Å². The van der Waals surface area contributed by atoms with E-state index in [1.807, 2.05) is 0 Å². The van der Waals surface area contributed by atoms with Gasteiger partial charge in [0, 0.05) is 31.4 Å². The first-order valence-corrected chi connectivity index (χ1v) is 7.70. The van der Waals surface area contributed by atoms with Gasteiger partial charge in [-0.05, 0) is 29.5 Å². The lowest BCUT2D eigenvalue weighted by Gasteiger charge is -2.38. The molecule has 2 atom stereocenters. The maximum atomic E-state index is 3.67. The van der Waals surface area contributed by atoms with Crippen LogP contribution in [-0.4, -0.2) is 25.7 Å². The maximum Gasteiger partial charge on any atom is 0.0370 e. The zero-order valence-corrected chi connectivity index (χ0v) is 12.8. The predicted molar refractivity (Wildman–Crippen MR) is 84.0 cm³/mol. The van der Waals surface area contributed by atoms with Crippen LogP contribution in [0, 0.1) is 5.92 Å². The molecule has 1 aromatic rings. The van der Waals surface area contributed by atoms with E-state index in [0.717, 1.165) is 25.6 Å². The van der Waals surface area contributed by atoms with Crippen LogP contribution in [0.15, 0.2) is 24.3 Å². The van der Waals surface area contributed by atoms with Gasteiger partial charge in [-0.15, -0.1) is 0 Å². The van der Waals surface area contributed by atoms with Gasteiger partial charge in [-0.2, -0.15) is 0 Å². The molecule has 0 saturated carbocycles. The molecule has 19 heavy (non-hydrogen) atoms. The van der Waals surface area contributed by atoms with Gasteiger partial charge in [-0.25, -0.2) is 0 Å². The van der Waals surface area contributed by atoms with Crippen molar-refractivity contribution < 1.29 is 0 Å². The Morgan fingerprint density at radius 3 is 2.79 bits per heavy atom. The predicted octanol–water partition coefficient (Wildman–Crippen LogP) is 3.63. The molecule has 0 amide bonds. The average molecular weight is 260 g/mol. The van der Waals surface area contributed by atoms with Crippen molar-refractivity contribution in [3.05, 3.63) is 29.8 Å². The quantitative estimate of drug-likeness (QED) is 0.889. The molecule has 1 N–H and O–H groups in total. The third-order valence-electron chi connectivity index (χ3n) is 4.44. The Bertz CT molecular complexity index is 400. The van der Waals surface area contributed by atoms with E-state index >= 15 is 0 Å². The minimum absolute atomic E-state index is 0.605. The summed E-state index contributed by atoms with van der Waals surface area (Å²) in [6.45, 7) is 12.5. The summed E-state index contributed by atoms with van der Waals surface area (Å²) in [7, 11) is 0. The van der Waals surface area contributed by atoms with E-state index < -0.39 is 0 Å². The van der Waals surface area contributed by atoms with Crippen molar-refractivity contribution in [2.75, 3.05) is 24.5 Å². The second-order valence-corrected chi connectivity index (χ2v) is 6.14. The summed E-state index contributed by atoms with van der Waals surface area (Å²) < 4.78 is 0. The Hall–Kier alpha value is -1.02. The molecule has 1 heterocycles. The van der Waals surface area contributed by atoms with E-state index in [1.165, 1.54) is 17.7 Å². The molecule has 2 heteroatoms. The molecular weight excluding hydrogens is 232 g/mol. The van der Waals surface area contributed by atoms with Crippen molar-refractivity contribution in [1.29, 1.82) is 0 Å².